The molecule has 0 saturated carbocycles. The number of halogens is 1. The molecule has 0 saturated heterocycles. The number of carbonyl (C=O) groups excluding carboxylic acids is 2. The highest BCUT2D eigenvalue weighted by atomic mass is 79.9. The fraction of sp³-hybridized carbons (Fsp3) is 0.125. The Hall–Kier alpha value is -2.34. The monoisotopic (exact) mass is 362 g/mol. The Labute approximate surface area is 136 Å². The van der Waals surface area contributed by atoms with Crippen molar-refractivity contribution in [1.82, 2.24) is 0 Å². The van der Waals surface area contributed by atoms with Crippen LogP contribution >= 0.6 is 15.9 Å². The summed E-state index contributed by atoms with van der Waals surface area (Å²) in [6.07, 6.45) is 0. The van der Waals surface area contributed by atoms with Crippen molar-refractivity contribution in [2.75, 3.05) is 11.9 Å². The topological polar surface area (TPSA) is 81.4 Å². The molecule has 2 aromatic rings. The first kappa shape index (κ1) is 16.0. The highest BCUT2D eigenvalue weighted by Crippen LogP contribution is 2.21. The SMILES string of the molecule is Cc1ccc(NC(=O)COc2ccccc2C(N)=O)cc1Br. The summed E-state index contributed by atoms with van der Waals surface area (Å²) in [6.45, 7) is 1.75. The standard InChI is InChI=1S/C16H15BrN2O3/c1-10-6-7-11(8-13(10)17)19-15(20)9-22-14-5-3-2-4-12(14)16(18)21/h2-8H,9H2,1H3,(H2,18,21)(H,19,20). The molecule has 0 spiro atoms. The Morgan fingerprint density at radius 1 is 1.23 bits per heavy atom. The lowest BCUT2D eigenvalue weighted by Crippen LogP contribution is -2.21. The van der Waals surface area contributed by atoms with Crippen molar-refractivity contribution >= 4 is 33.4 Å². The van der Waals surface area contributed by atoms with Crippen molar-refractivity contribution in [2.45, 2.75) is 6.92 Å². The van der Waals surface area contributed by atoms with Gasteiger partial charge in [-0.2, -0.15) is 0 Å². The smallest absolute Gasteiger partial charge is 0.262 e. The zero-order valence-electron chi connectivity index (χ0n) is 11.9. The molecular formula is C16H15BrN2O3. The second-order valence-electron chi connectivity index (χ2n) is 4.66. The second kappa shape index (κ2) is 7.09. The summed E-state index contributed by atoms with van der Waals surface area (Å²) >= 11 is 3.40. The van der Waals surface area contributed by atoms with Crippen LogP contribution in [-0.2, 0) is 4.79 Å². The summed E-state index contributed by atoms with van der Waals surface area (Å²) in [4.78, 5) is 23.2. The van der Waals surface area contributed by atoms with E-state index in [-0.39, 0.29) is 23.8 Å². The molecule has 0 bridgehead atoms. The average Bonchev–Trinajstić information content (AvgIpc) is 2.49. The summed E-state index contributed by atoms with van der Waals surface area (Å²) in [5, 5.41) is 2.72. The highest BCUT2D eigenvalue weighted by Gasteiger charge is 2.10. The molecule has 6 heteroatoms. The van der Waals surface area contributed by atoms with Crippen LogP contribution in [0.4, 0.5) is 5.69 Å². The molecule has 0 atom stereocenters. The predicted molar refractivity (Wildman–Crippen MR) is 88.0 cm³/mol. The summed E-state index contributed by atoms with van der Waals surface area (Å²) in [5.74, 6) is -0.635. The largest absolute Gasteiger partial charge is 0.483 e. The Bertz CT molecular complexity index is 716. The van der Waals surface area contributed by atoms with Gasteiger partial charge in [-0.1, -0.05) is 34.1 Å². The highest BCUT2D eigenvalue weighted by molar-refractivity contribution is 9.10. The molecule has 2 rings (SSSR count). The maximum atomic E-state index is 11.9. The first-order valence-electron chi connectivity index (χ1n) is 6.55. The Morgan fingerprint density at radius 2 is 1.95 bits per heavy atom. The molecule has 0 fully saturated rings. The van der Waals surface area contributed by atoms with Gasteiger partial charge >= 0.3 is 0 Å². The number of para-hydroxylation sites is 1. The van der Waals surface area contributed by atoms with E-state index < -0.39 is 5.91 Å². The van der Waals surface area contributed by atoms with Gasteiger partial charge in [-0.3, -0.25) is 9.59 Å². The fourth-order valence-electron chi connectivity index (χ4n) is 1.81. The number of anilines is 1. The molecule has 0 aliphatic rings. The molecule has 0 heterocycles. The zero-order chi connectivity index (χ0) is 16.1. The summed E-state index contributed by atoms with van der Waals surface area (Å²) in [5.41, 5.74) is 7.23. The lowest BCUT2D eigenvalue weighted by atomic mass is 10.2. The van der Waals surface area contributed by atoms with Gasteiger partial charge in [0, 0.05) is 10.2 Å². The third-order valence-corrected chi connectivity index (χ3v) is 3.82. The third-order valence-electron chi connectivity index (χ3n) is 2.97. The van der Waals surface area contributed by atoms with Gasteiger partial charge < -0.3 is 15.8 Å². The number of aryl methyl sites for hydroxylation is 1. The van der Waals surface area contributed by atoms with Crippen molar-refractivity contribution in [2.24, 2.45) is 5.73 Å². The number of hydrogen-bond donors (Lipinski definition) is 2. The average molecular weight is 363 g/mol. The maximum absolute atomic E-state index is 11.9. The number of hydrogen-bond acceptors (Lipinski definition) is 3. The number of ether oxygens (including phenoxy) is 1. The zero-order valence-corrected chi connectivity index (χ0v) is 13.5. The molecule has 2 amide bonds. The van der Waals surface area contributed by atoms with Crippen molar-refractivity contribution in [3.63, 3.8) is 0 Å². The quantitative estimate of drug-likeness (QED) is 0.857. The van der Waals surface area contributed by atoms with Crippen LogP contribution in [0.1, 0.15) is 15.9 Å². The van der Waals surface area contributed by atoms with Crippen molar-refractivity contribution in [1.29, 1.82) is 0 Å². The minimum absolute atomic E-state index is 0.213. The molecule has 0 unspecified atom stereocenters. The van der Waals surface area contributed by atoms with E-state index in [1.165, 1.54) is 0 Å². The minimum atomic E-state index is -0.599. The van der Waals surface area contributed by atoms with E-state index in [0.717, 1.165) is 10.0 Å². The van der Waals surface area contributed by atoms with E-state index in [1.54, 1.807) is 30.3 Å². The molecule has 2 aromatic carbocycles. The number of rotatable bonds is 5. The number of nitrogens with two attached hydrogens (primary N) is 1. The van der Waals surface area contributed by atoms with Crippen LogP contribution in [0.25, 0.3) is 0 Å². The predicted octanol–water partition coefficient (Wildman–Crippen LogP) is 2.87. The van der Waals surface area contributed by atoms with Gasteiger partial charge in [0.1, 0.15) is 5.75 Å². The van der Waals surface area contributed by atoms with E-state index in [0.29, 0.717) is 5.69 Å². The van der Waals surface area contributed by atoms with E-state index >= 15 is 0 Å². The van der Waals surface area contributed by atoms with E-state index in [2.05, 4.69) is 21.2 Å². The summed E-state index contributed by atoms with van der Waals surface area (Å²) < 4.78 is 6.27. The van der Waals surface area contributed by atoms with Gasteiger partial charge in [0.25, 0.3) is 11.8 Å². The maximum Gasteiger partial charge on any atom is 0.262 e. The van der Waals surface area contributed by atoms with Gasteiger partial charge in [-0.05, 0) is 36.8 Å². The Balaban J connectivity index is 1.98. The first-order chi connectivity index (χ1) is 10.5. The van der Waals surface area contributed by atoms with E-state index in [4.69, 9.17) is 10.5 Å². The molecule has 3 N–H and O–H groups in total. The van der Waals surface area contributed by atoms with Gasteiger partial charge in [0.15, 0.2) is 6.61 Å². The van der Waals surface area contributed by atoms with Crippen LogP contribution < -0.4 is 15.8 Å². The lowest BCUT2D eigenvalue weighted by molar-refractivity contribution is -0.118. The number of carbonyl (C=O) groups is 2. The van der Waals surface area contributed by atoms with Crippen LogP contribution in [0.3, 0.4) is 0 Å². The summed E-state index contributed by atoms with van der Waals surface area (Å²) in [6, 6.07) is 12.0. The molecule has 114 valence electrons. The van der Waals surface area contributed by atoms with Crippen molar-refractivity contribution < 1.29 is 14.3 Å². The molecule has 0 aromatic heterocycles. The lowest BCUT2D eigenvalue weighted by Gasteiger charge is -2.10. The van der Waals surface area contributed by atoms with Crippen LogP contribution in [0.2, 0.25) is 0 Å². The van der Waals surface area contributed by atoms with Crippen LogP contribution in [0.5, 0.6) is 5.75 Å². The molecule has 5 nitrogen and oxygen atoms in total. The fourth-order valence-corrected chi connectivity index (χ4v) is 2.19. The number of primary amides is 1. The number of benzene rings is 2. The molecule has 0 aliphatic heterocycles. The van der Waals surface area contributed by atoms with Crippen molar-refractivity contribution in [3.05, 3.63) is 58.1 Å². The summed E-state index contributed by atoms with van der Waals surface area (Å²) in [7, 11) is 0. The normalized spacial score (nSPS) is 10.1. The van der Waals surface area contributed by atoms with Crippen LogP contribution in [-0.4, -0.2) is 18.4 Å². The Morgan fingerprint density at radius 3 is 2.64 bits per heavy atom. The van der Waals surface area contributed by atoms with Gasteiger partial charge in [0.2, 0.25) is 0 Å². The van der Waals surface area contributed by atoms with Crippen LogP contribution in [0, 0.1) is 6.92 Å². The molecule has 0 aliphatic carbocycles. The first-order valence-corrected chi connectivity index (χ1v) is 7.34. The van der Waals surface area contributed by atoms with Gasteiger partial charge in [0.05, 0.1) is 5.56 Å². The van der Waals surface area contributed by atoms with Crippen molar-refractivity contribution in [3.8, 4) is 5.75 Å². The third kappa shape index (κ3) is 4.08. The minimum Gasteiger partial charge on any atom is -0.483 e. The molecule has 22 heavy (non-hydrogen) atoms. The number of nitrogens with one attached hydrogen (secondary N) is 1. The van der Waals surface area contributed by atoms with E-state index in [9.17, 15) is 9.59 Å². The van der Waals surface area contributed by atoms with E-state index in [1.807, 2.05) is 19.1 Å². The number of amides is 2. The van der Waals surface area contributed by atoms with Crippen LogP contribution in [0.15, 0.2) is 46.9 Å². The van der Waals surface area contributed by atoms with Gasteiger partial charge in [-0.15, -0.1) is 0 Å². The molecular weight excluding hydrogens is 348 g/mol. The molecule has 0 radical (unpaired) electrons. The van der Waals surface area contributed by atoms with Gasteiger partial charge in [-0.25, -0.2) is 0 Å². The second-order valence-corrected chi connectivity index (χ2v) is 5.52. The Kier molecular flexibility index (Phi) is 5.16.